The summed E-state index contributed by atoms with van der Waals surface area (Å²) in [6.07, 6.45) is 7.44. The maximum Gasteiger partial charge on any atom is 0.161 e. The maximum absolute atomic E-state index is 4.99. The second-order valence-corrected chi connectivity index (χ2v) is 45.0. The third-order valence-electron chi connectivity index (χ3n) is 27.0. The van der Waals surface area contributed by atoms with Crippen molar-refractivity contribution >= 4 is 21.5 Å². The molecule has 10 heteroatoms. The molecule has 20 aromatic rings. The number of hydrogen-bond donors (Lipinski definition) is 0. The average molecular weight is 2640 g/mol. The van der Waals surface area contributed by atoms with E-state index in [0.29, 0.717) is 5.82 Å². The van der Waals surface area contributed by atoms with E-state index in [2.05, 4.69) is 483 Å². The van der Waals surface area contributed by atoms with Crippen molar-refractivity contribution in [2.75, 3.05) is 0 Å². The summed E-state index contributed by atoms with van der Waals surface area (Å²) in [7, 11) is 0. The summed E-state index contributed by atoms with van der Waals surface area (Å²) in [6.45, 7) is 47.2. The predicted octanol–water partition coefficient (Wildman–Crippen LogP) is 37.0. The smallest absolute Gasteiger partial charge is 0.161 e. The second kappa shape index (κ2) is 47.7. The number of pyridine rings is 4. The van der Waals surface area contributed by atoms with Crippen molar-refractivity contribution in [3.05, 3.63) is 470 Å². The predicted molar refractivity (Wildman–Crippen MR) is 610 cm³/mol. The fraction of sp³-hybridized carbons (Fsp3) is 0.203. The van der Waals surface area contributed by atoms with Crippen molar-refractivity contribution in [2.24, 2.45) is 0 Å². The van der Waals surface area contributed by atoms with Crippen LogP contribution < -0.4 is 0 Å². The van der Waals surface area contributed by atoms with Crippen LogP contribution in [0.5, 0.6) is 0 Å². The monoisotopic (exact) mass is 2640 g/mol. The summed E-state index contributed by atoms with van der Waals surface area (Å²) in [5.41, 5.74) is 39.5. The van der Waals surface area contributed by atoms with Gasteiger partial charge in [0.15, 0.2) is 5.82 Å². The summed E-state index contributed by atoms with van der Waals surface area (Å²) in [4.78, 5) is 28.6. The van der Waals surface area contributed by atoms with E-state index in [0.717, 1.165) is 95.0 Å². The minimum Gasteiger partial charge on any atom is -0.305 e. The van der Waals surface area contributed by atoms with E-state index in [1.807, 2.05) is 104 Å². The molecule has 5 heterocycles. The van der Waals surface area contributed by atoms with Crippen LogP contribution in [-0.4, -0.2) is 29.9 Å². The topological polar surface area (TPSA) is 77.3 Å². The van der Waals surface area contributed by atoms with Gasteiger partial charge in [-0.25, -0.2) is 9.97 Å². The third-order valence-corrected chi connectivity index (χ3v) is 27.0. The summed E-state index contributed by atoms with van der Waals surface area (Å²) in [5.74, 6) is 0.661. The molecule has 20 rings (SSSR count). The SMILES string of the molecule is CC(C)(C)c1ccc(-c2cc(-c3ccc(C(C)(C)C)cc3)cc(-c3cc[c-]c(-c4ccccn4)c3)c2)cc1.CC(C)(C)c1ccc(-c2cc(-c3ccc(C(C)(C)C)cc3)cc(-c3cc[c-]c(-c4nccc5ccccc45)c3)c2)cc1.CC(C)(C)c1ccc(-c2cc(-c3ccc(C(C)(C)C)cc3)nc(-c3ccc(-c4[c-]cccc4)nc3)n2)cc1.CC(C)(C)c1ccc(-c2cc[c-]c(-c3nccc4ccccc34)c2)cc1.[Ir].[Ir].[Ir].[Ir]. The van der Waals surface area contributed by atoms with Crippen LogP contribution in [0.1, 0.15) is 184 Å². The Bertz CT molecular complexity index is 7620. The average Bonchev–Trinajstić information content (AvgIpc) is 0.784. The fourth-order valence-electron chi connectivity index (χ4n) is 18.0. The van der Waals surface area contributed by atoms with Gasteiger partial charge in [0.2, 0.25) is 0 Å². The molecule has 0 bridgehead atoms. The maximum atomic E-state index is 4.99. The van der Waals surface area contributed by atoms with Crippen molar-refractivity contribution < 1.29 is 80.4 Å². The van der Waals surface area contributed by atoms with Gasteiger partial charge < -0.3 is 19.9 Å². The Balaban J connectivity index is 0.000000165. The normalized spacial score (nSPS) is 11.6. The third kappa shape index (κ3) is 27.8. The molecule has 15 aromatic carbocycles. The zero-order chi connectivity index (χ0) is 101. The van der Waals surface area contributed by atoms with Gasteiger partial charge in [0.1, 0.15) is 0 Å². The molecule has 148 heavy (non-hydrogen) atoms. The van der Waals surface area contributed by atoms with Crippen LogP contribution >= 0.6 is 0 Å². The van der Waals surface area contributed by atoms with Gasteiger partial charge in [-0.15, -0.1) is 142 Å². The molecule has 0 unspecified atom stereocenters. The van der Waals surface area contributed by atoms with Crippen LogP contribution in [0, 0.1) is 24.3 Å². The van der Waals surface area contributed by atoms with Gasteiger partial charge in [-0.2, -0.15) is 0 Å². The number of benzene rings is 15. The largest absolute Gasteiger partial charge is 0.305 e. The minimum absolute atomic E-state index is 0. The molecule has 0 N–H and O–H groups in total. The molecule has 6 nitrogen and oxygen atoms in total. The zero-order valence-corrected chi connectivity index (χ0v) is 98.3. The van der Waals surface area contributed by atoms with Crippen LogP contribution in [0.15, 0.2) is 407 Å². The molecule has 0 spiro atoms. The van der Waals surface area contributed by atoms with E-state index >= 15 is 0 Å². The minimum atomic E-state index is 0. The number of hydrogen-bond acceptors (Lipinski definition) is 6. The fourth-order valence-corrected chi connectivity index (χ4v) is 18.0. The number of nitrogens with zero attached hydrogens (tertiary/aromatic N) is 6. The molecule has 0 amide bonds. The Morgan fingerprint density at radius 3 is 0.764 bits per heavy atom. The first-order valence-corrected chi connectivity index (χ1v) is 50.3. The summed E-state index contributed by atoms with van der Waals surface area (Å²) >= 11 is 0. The molecule has 0 aliphatic carbocycles. The van der Waals surface area contributed by atoms with Crippen molar-refractivity contribution in [1.29, 1.82) is 0 Å². The molecule has 0 atom stereocenters. The summed E-state index contributed by atoms with van der Waals surface area (Å²) < 4.78 is 0. The number of fused-ring (bicyclic) bond motifs is 2. The molecule has 5 aromatic heterocycles. The molecule has 0 aliphatic rings. The number of rotatable bonds is 14. The Kier molecular flexibility index (Phi) is 36.2. The van der Waals surface area contributed by atoms with Crippen molar-refractivity contribution in [3.63, 3.8) is 0 Å². The second-order valence-electron chi connectivity index (χ2n) is 45.0. The van der Waals surface area contributed by atoms with Gasteiger partial charge in [0.25, 0.3) is 0 Å². The van der Waals surface area contributed by atoms with Gasteiger partial charge in [0.05, 0.1) is 11.4 Å². The molecule has 0 saturated carbocycles. The van der Waals surface area contributed by atoms with Gasteiger partial charge in [0, 0.05) is 122 Å². The van der Waals surface area contributed by atoms with E-state index in [-0.39, 0.29) is 118 Å². The van der Waals surface area contributed by atoms with E-state index in [1.54, 1.807) is 0 Å². The first kappa shape index (κ1) is 112. The quantitative estimate of drug-likeness (QED) is 0.101. The van der Waals surface area contributed by atoms with Crippen LogP contribution in [0.25, 0.3) is 178 Å². The van der Waals surface area contributed by atoms with Crippen LogP contribution in [0.4, 0.5) is 0 Å². The summed E-state index contributed by atoms with van der Waals surface area (Å²) in [5, 5.41) is 4.68. The molecular weight excluding hydrogens is 2510 g/mol. The van der Waals surface area contributed by atoms with Crippen molar-refractivity contribution in [1.82, 2.24) is 29.9 Å². The summed E-state index contributed by atoms with van der Waals surface area (Å²) in [6, 6.07) is 150. The van der Waals surface area contributed by atoms with E-state index in [4.69, 9.17) is 19.9 Å². The standard InChI is InChI=1S/C41H38N.C37H36N.C35H34N3.C25H22N.4Ir/c1-40(2,3)36-18-14-28(15-19-36)33-25-34(29-16-20-37(21-17-29)41(4,5)6)27-35(26-33)31-11-9-12-32(24-31)39-38-13-8-7-10-30(38)22-23-42-39;1-36(2,3)33-17-13-26(14-18-33)30-23-31(27-15-19-34(20-16-27)37(4,5)6)25-32(24-30)28-10-9-11-29(22-28)35-12-7-8-21-38-35;1-34(2,3)28-17-12-25(13-18-28)31-22-32(26-14-19-29(20-15-26)35(4,5)6)38-33(37-31)27-16-21-30(36-23-27)24-10-8-7-9-11-24;1-25(2,3)22-13-11-18(12-14-22)20-8-6-9-21(17-20)24-23-10-5-4-7-19(23)15-16-26-24;;;;/h7-11,13-27H,1-6H3;7-10,12-25H,1-6H3;7-10,12-23H,1-6H3;4-8,10-17H,1-3H3;;;;/q4*-1;;;;. The molecule has 4 radical (unpaired) electrons. The molecule has 752 valence electrons. The Morgan fingerprint density at radius 1 is 0.176 bits per heavy atom. The molecule has 0 fully saturated rings. The Hall–Kier alpha value is -12.9. The van der Waals surface area contributed by atoms with Gasteiger partial charge in [-0.3, -0.25) is 0 Å². The Morgan fingerprint density at radius 2 is 0.453 bits per heavy atom. The number of aromatic nitrogens is 6. The van der Waals surface area contributed by atoms with Crippen LogP contribution in [-0.2, 0) is 118 Å². The first-order chi connectivity index (χ1) is 68.7. The first-order valence-electron chi connectivity index (χ1n) is 50.3. The molecular formula is C138H130Ir4N6-4. The van der Waals surface area contributed by atoms with Gasteiger partial charge >= 0.3 is 0 Å². The van der Waals surface area contributed by atoms with Gasteiger partial charge in [-0.05, 0) is 243 Å². The van der Waals surface area contributed by atoms with E-state index in [1.165, 1.54) is 116 Å². The Labute approximate surface area is 933 Å². The van der Waals surface area contributed by atoms with E-state index in [9.17, 15) is 0 Å². The van der Waals surface area contributed by atoms with Gasteiger partial charge in [-0.1, -0.05) is 388 Å². The zero-order valence-electron chi connectivity index (χ0n) is 88.7. The van der Waals surface area contributed by atoms with Crippen LogP contribution in [0.3, 0.4) is 0 Å². The van der Waals surface area contributed by atoms with Crippen LogP contribution in [0.2, 0.25) is 0 Å². The van der Waals surface area contributed by atoms with E-state index < -0.39 is 0 Å². The van der Waals surface area contributed by atoms with Crippen molar-refractivity contribution in [2.45, 2.75) is 183 Å². The van der Waals surface area contributed by atoms with Crippen molar-refractivity contribution in [3.8, 4) is 157 Å². The molecule has 0 saturated heterocycles. The molecule has 0 aliphatic heterocycles.